The van der Waals surface area contributed by atoms with Crippen LogP contribution < -0.4 is 15.5 Å². The molecule has 3 heterocycles. The van der Waals surface area contributed by atoms with E-state index in [9.17, 15) is 13.2 Å². The van der Waals surface area contributed by atoms with E-state index in [2.05, 4.69) is 36.7 Å². The summed E-state index contributed by atoms with van der Waals surface area (Å²) in [5.41, 5.74) is 0.301. The predicted molar refractivity (Wildman–Crippen MR) is 110 cm³/mol. The zero-order valence-corrected chi connectivity index (χ0v) is 17.5. The standard InChI is InChI=1S/C20H28F3N7/c1-4-24-19(26-12-15-13-29(3)28-18(15)20(21,22)23)27-16-7-9-30(10-8-16)17-6-5-14(2)11-25-17/h5-6,11,13,16H,4,7-10,12H2,1-3H3,(H2,24,26,27). The fraction of sp³-hybridized carbons (Fsp3) is 0.550. The number of pyridine rings is 1. The van der Waals surface area contributed by atoms with Crippen molar-refractivity contribution in [2.45, 2.75) is 45.5 Å². The Morgan fingerprint density at radius 3 is 2.60 bits per heavy atom. The van der Waals surface area contributed by atoms with Crippen molar-refractivity contribution in [1.29, 1.82) is 0 Å². The van der Waals surface area contributed by atoms with E-state index in [0.29, 0.717) is 12.5 Å². The van der Waals surface area contributed by atoms with Gasteiger partial charge >= 0.3 is 6.18 Å². The van der Waals surface area contributed by atoms with Gasteiger partial charge in [0.15, 0.2) is 11.7 Å². The van der Waals surface area contributed by atoms with Crippen molar-refractivity contribution in [3.8, 4) is 0 Å². The molecular formula is C20H28F3N7. The van der Waals surface area contributed by atoms with Gasteiger partial charge < -0.3 is 15.5 Å². The van der Waals surface area contributed by atoms with Gasteiger partial charge in [-0.3, -0.25) is 4.68 Å². The summed E-state index contributed by atoms with van der Waals surface area (Å²) in [5, 5.41) is 10.0. The molecule has 164 valence electrons. The Morgan fingerprint density at radius 2 is 2.00 bits per heavy atom. The van der Waals surface area contributed by atoms with Gasteiger partial charge in [-0.2, -0.15) is 18.3 Å². The van der Waals surface area contributed by atoms with Gasteiger partial charge in [0.1, 0.15) is 5.82 Å². The number of nitrogens with zero attached hydrogens (tertiary/aromatic N) is 5. The molecule has 10 heteroatoms. The molecule has 3 rings (SSSR count). The number of guanidine groups is 1. The fourth-order valence-electron chi connectivity index (χ4n) is 3.47. The number of aryl methyl sites for hydroxylation is 2. The van der Waals surface area contributed by atoms with Gasteiger partial charge in [0.25, 0.3) is 0 Å². The van der Waals surface area contributed by atoms with Crippen molar-refractivity contribution in [2.24, 2.45) is 12.0 Å². The van der Waals surface area contributed by atoms with E-state index in [1.165, 1.54) is 17.9 Å². The summed E-state index contributed by atoms with van der Waals surface area (Å²) in [4.78, 5) is 11.1. The van der Waals surface area contributed by atoms with Crippen LogP contribution in [-0.2, 0) is 19.8 Å². The van der Waals surface area contributed by atoms with E-state index < -0.39 is 11.9 Å². The molecule has 1 saturated heterocycles. The number of aliphatic imine (C=N–C) groups is 1. The lowest BCUT2D eigenvalue weighted by Gasteiger charge is -2.33. The van der Waals surface area contributed by atoms with E-state index in [1.807, 2.05) is 26.1 Å². The number of aromatic nitrogens is 3. The number of hydrogen-bond acceptors (Lipinski definition) is 4. The molecule has 0 bridgehead atoms. The zero-order chi connectivity index (χ0) is 21.7. The first-order valence-corrected chi connectivity index (χ1v) is 10.1. The van der Waals surface area contributed by atoms with Crippen LogP contribution in [0.15, 0.2) is 29.5 Å². The second-order valence-electron chi connectivity index (χ2n) is 7.47. The lowest BCUT2D eigenvalue weighted by molar-refractivity contribution is -0.142. The average molecular weight is 423 g/mol. The summed E-state index contributed by atoms with van der Waals surface area (Å²) in [7, 11) is 1.47. The van der Waals surface area contributed by atoms with Crippen LogP contribution in [0.5, 0.6) is 0 Å². The van der Waals surface area contributed by atoms with Crippen molar-refractivity contribution in [3.05, 3.63) is 41.3 Å². The molecule has 0 unspecified atom stereocenters. The largest absolute Gasteiger partial charge is 0.435 e. The third-order valence-corrected chi connectivity index (χ3v) is 4.98. The smallest absolute Gasteiger partial charge is 0.357 e. The second kappa shape index (κ2) is 9.36. The van der Waals surface area contributed by atoms with Crippen molar-refractivity contribution < 1.29 is 13.2 Å². The van der Waals surface area contributed by atoms with Crippen molar-refractivity contribution in [2.75, 3.05) is 24.5 Å². The summed E-state index contributed by atoms with van der Waals surface area (Å²) < 4.78 is 40.6. The molecule has 1 aliphatic rings. The van der Waals surface area contributed by atoms with Crippen molar-refractivity contribution in [1.82, 2.24) is 25.4 Å². The number of piperidine rings is 1. The molecule has 0 spiro atoms. The molecule has 0 aliphatic carbocycles. The fourth-order valence-corrected chi connectivity index (χ4v) is 3.47. The molecular weight excluding hydrogens is 395 g/mol. The summed E-state index contributed by atoms with van der Waals surface area (Å²) in [5.74, 6) is 1.48. The van der Waals surface area contributed by atoms with Crippen LogP contribution in [0.1, 0.15) is 36.6 Å². The second-order valence-corrected chi connectivity index (χ2v) is 7.47. The number of halogens is 3. The highest BCUT2D eigenvalue weighted by molar-refractivity contribution is 5.80. The van der Waals surface area contributed by atoms with Crippen LogP contribution in [-0.4, -0.2) is 46.4 Å². The predicted octanol–water partition coefficient (Wildman–Crippen LogP) is 2.87. The summed E-state index contributed by atoms with van der Waals surface area (Å²) in [6, 6.07) is 4.28. The molecule has 2 aromatic rings. The minimum atomic E-state index is -4.49. The third kappa shape index (κ3) is 5.64. The normalized spacial score (nSPS) is 16.1. The molecule has 1 fully saturated rings. The Bertz CT molecular complexity index is 850. The number of nitrogens with one attached hydrogen (secondary N) is 2. The van der Waals surface area contributed by atoms with Crippen LogP contribution >= 0.6 is 0 Å². The van der Waals surface area contributed by atoms with E-state index in [1.54, 1.807) is 0 Å². The highest BCUT2D eigenvalue weighted by atomic mass is 19.4. The lowest BCUT2D eigenvalue weighted by atomic mass is 10.1. The van der Waals surface area contributed by atoms with Crippen molar-refractivity contribution in [3.63, 3.8) is 0 Å². The quantitative estimate of drug-likeness (QED) is 0.572. The maximum Gasteiger partial charge on any atom is 0.435 e. The first-order valence-electron chi connectivity index (χ1n) is 10.1. The van der Waals surface area contributed by atoms with Crippen LogP contribution in [0, 0.1) is 6.92 Å². The lowest BCUT2D eigenvalue weighted by Crippen LogP contribution is -2.48. The van der Waals surface area contributed by atoms with Crippen molar-refractivity contribution >= 4 is 11.8 Å². The molecule has 2 N–H and O–H groups in total. The van der Waals surface area contributed by atoms with Crippen LogP contribution in [0.4, 0.5) is 19.0 Å². The zero-order valence-electron chi connectivity index (χ0n) is 17.5. The van der Waals surface area contributed by atoms with E-state index in [4.69, 9.17) is 0 Å². The van der Waals surface area contributed by atoms with Crippen LogP contribution in [0.3, 0.4) is 0 Å². The number of rotatable bonds is 5. The Kier molecular flexibility index (Phi) is 6.84. The molecule has 0 atom stereocenters. The Balaban J connectivity index is 1.60. The summed E-state index contributed by atoms with van der Waals surface area (Å²) in [6.45, 7) is 6.18. The molecule has 1 aliphatic heterocycles. The average Bonchev–Trinajstić information content (AvgIpc) is 3.09. The van der Waals surface area contributed by atoms with Gasteiger partial charge in [-0.05, 0) is 38.3 Å². The SMILES string of the molecule is CCNC(=NCc1cn(C)nc1C(F)(F)F)NC1CCN(c2ccc(C)cn2)CC1. The molecule has 0 aromatic carbocycles. The monoisotopic (exact) mass is 423 g/mol. The topological polar surface area (TPSA) is 70.4 Å². The van der Waals surface area contributed by atoms with Gasteiger partial charge in [0.05, 0.1) is 6.54 Å². The van der Waals surface area contributed by atoms with Gasteiger partial charge in [0, 0.05) is 50.7 Å². The van der Waals surface area contributed by atoms with Crippen LogP contribution in [0.2, 0.25) is 0 Å². The summed E-state index contributed by atoms with van der Waals surface area (Å²) >= 11 is 0. The molecule has 0 amide bonds. The summed E-state index contributed by atoms with van der Waals surface area (Å²) in [6.07, 6.45) is 0.516. The Hall–Kier alpha value is -2.78. The minimum absolute atomic E-state index is 0.0578. The molecule has 2 aromatic heterocycles. The van der Waals surface area contributed by atoms with Gasteiger partial charge in [-0.1, -0.05) is 6.07 Å². The Labute approximate surface area is 174 Å². The number of hydrogen-bond donors (Lipinski definition) is 2. The van der Waals surface area contributed by atoms with Gasteiger partial charge in [0.2, 0.25) is 0 Å². The van der Waals surface area contributed by atoms with Gasteiger partial charge in [-0.15, -0.1) is 0 Å². The van der Waals surface area contributed by atoms with E-state index in [-0.39, 0.29) is 18.2 Å². The highest BCUT2D eigenvalue weighted by Crippen LogP contribution is 2.30. The van der Waals surface area contributed by atoms with Crippen LogP contribution in [0.25, 0.3) is 0 Å². The first kappa shape index (κ1) is 21.9. The first-order chi connectivity index (χ1) is 14.3. The Morgan fingerprint density at radius 1 is 1.27 bits per heavy atom. The maximum atomic E-state index is 13.1. The van der Waals surface area contributed by atoms with E-state index in [0.717, 1.165) is 37.3 Å². The molecule has 0 radical (unpaired) electrons. The molecule has 30 heavy (non-hydrogen) atoms. The maximum absolute atomic E-state index is 13.1. The highest BCUT2D eigenvalue weighted by Gasteiger charge is 2.36. The van der Waals surface area contributed by atoms with E-state index >= 15 is 0 Å². The number of alkyl halides is 3. The third-order valence-electron chi connectivity index (χ3n) is 4.98. The number of anilines is 1. The molecule has 7 nitrogen and oxygen atoms in total. The molecule has 0 saturated carbocycles. The van der Waals surface area contributed by atoms with Gasteiger partial charge in [-0.25, -0.2) is 9.98 Å². The minimum Gasteiger partial charge on any atom is -0.357 e.